The molecular weight excluding hydrogens is 272 g/mol. The van der Waals surface area contributed by atoms with Gasteiger partial charge in [-0.25, -0.2) is 14.8 Å². The molecule has 0 aliphatic heterocycles. The molecule has 2 aromatic heterocycles. The Balaban J connectivity index is 1.98. The van der Waals surface area contributed by atoms with Gasteiger partial charge in [-0.15, -0.1) is 11.3 Å². The Hall–Kier alpha value is -1.93. The van der Waals surface area contributed by atoms with Crippen molar-refractivity contribution in [1.82, 2.24) is 20.2 Å². The zero-order valence-corrected chi connectivity index (χ0v) is 10.5. The minimum Gasteiger partial charge on any atom is -0.478 e. The van der Waals surface area contributed by atoms with Crippen LogP contribution in [-0.2, 0) is 0 Å². The summed E-state index contributed by atoms with van der Waals surface area (Å²) < 4.78 is 1.64. The molecule has 1 aromatic carbocycles. The predicted molar refractivity (Wildman–Crippen MR) is 67.1 cm³/mol. The van der Waals surface area contributed by atoms with Gasteiger partial charge in [-0.2, -0.15) is 5.10 Å². The van der Waals surface area contributed by atoms with Gasteiger partial charge in [0, 0.05) is 0 Å². The number of carbonyl (C=O) groups is 1. The van der Waals surface area contributed by atoms with E-state index in [0.717, 1.165) is 14.6 Å². The van der Waals surface area contributed by atoms with Crippen LogP contribution >= 0.6 is 23.1 Å². The van der Waals surface area contributed by atoms with Crippen LogP contribution in [0.25, 0.3) is 10.2 Å². The first-order chi connectivity index (χ1) is 8.72. The van der Waals surface area contributed by atoms with Gasteiger partial charge in [-0.05, 0) is 30.0 Å². The molecule has 6 nitrogen and oxygen atoms in total. The van der Waals surface area contributed by atoms with E-state index >= 15 is 0 Å². The second kappa shape index (κ2) is 4.39. The van der Waals surface area contributed by atoms with E-state index in [9.17, 15) is 4.79 Å². The highest BCUT2D eigenvalue weighted by molar-refractivity contribution is 8.01. The maximum atomic E-state index is 10.9. The van der Waals surface area contributed by atoms with Crippen LogP contribution < -0.4 is 0 Å². The maximum Gasteiger partial charge on any atom is 0.335 e. The van der Waals surface area contributed by atoms with E-state index in [1.54, 1.807) is 18.2 Å². The molecule has 2 heterocycles. The highest BCUT2D eigenvalue weighted by Gasteiger charge is 2.10. The molecule has 0 spiro atoms. The van der Waals surface area contributed by atoms with E-state index in [0.29, 0.717) is 5.16 Å². The molecule has 2 N–H and O–H groups in total. The Labute approximate surface area is 109 Å². The Bertz CT molecular complexity index is 708. The summed E-state index contributed by atoms with van der Waals surface area (Å²) in [6.07, 6.45) is 1.43. The second-order valence-electron chi connectivity index (χ2n) is 3.36. The number of rotatable bonds is 3. The number of carboxylic acids is 1. The summed E-state index contributed by atoms with van der Waals surface area (Å²) in [6.45, 7) is 0. The Morgan fingerprint density at radius 1 is 1.44 bits per heavy atom. The molecule has 0 bridgehead atoms. The van der Waals surface area contributed by atoms with Gasteiger partial charge in [0.25, 0.3) is 0 Å². The van der Waals surface area contributed by atoms with Crippen LogP contribution in [0.3, 0.4) is 0 Å². The highest BCUT2D eigenvalue weighted by Crippen LogP contribution is 2.32. The average Bonchev–Trinajstić information content (AvgIpc) is 2.96. The molecule has 0 radical (unpaired) electrons. The van der Waals surface area contributed by atoms with E-state index < -0.39 is 5.97 Å². The summed E-state index contributed by atoms with van der Waals surface area (Å²) in [6, 6.07) is 4.88. The Morgan fingerprint density at radius 3 is 3.06 bits per heavy atom. The molecule has 3 rings (SSSR count). The van der Waals surface area contributed by atoms with Crippen molar-refractivity contribution in [3.8, 4) is 0 Å². The van der Waals surface area contributed by atoms with Crippen molar-refractivity contribution >= 4 is 39.3 Å². The number of carboxylic acid groups (broad SMARTS) is 1. The topological polar surface area (TPSA) is 91.8 Å². The van der Waals surface area contributed by atoms with Crippen LogP contribution in [0, 0.1) is 0 Å². The highest BCUT2D eigenvalue weighted by atomic mass is 32.2. The van der Waals surface area contributed by atoms with Crippen LogP contribution in [0.15, 0.2) is 34.0 Å². The van der Waals surface area contributed by atoms with E-state index in [4.69, 9.17) is 5.11 Å². The molecule has 0 unspecified atom stereocenters. The third kappa shape index (κ3) is 2.07. The first-order valence-corrected chi connectivity index (χ1v) is 6.53. The fraction of sp³-hybridized carbons (Fsp3) is 0. The van der Waals surface area contributed by atoms with Gasteiger partial charge >= 0.3 is 5.97 Å². The van der Waals surface area contributed by atoms with Crippen molar-refractivity contribution in [3.63, 3.8) is 0 Å². The maximum absolute atomic E-state index is 10.9. The van der Waals surface area contributed by atoms with Gasteiger partial charge in [0.05, 0.1) is 15.8 Å². The molecule has 0 atom stereocenters. The van der Waals surface area contributed by atoms with Crippen molar-refractivity contribution in [2.24, 2.45) is 0 Å². The average molecular weight is 278 g/mol. The van der Waals surface area contributed by atoms with E-state index in [1.165, 1.54) is 29.4 Å². The summed E-state index contributed by atoms with van der Waals surface area (Å²) in [5.41, 5.74) is 1.05. The summed E-state index contributed by atoms with van der Waals surface area (Å²) >= 11 is 2.79. The molecular formula is C10H6N4O2S2. The molecule has 0 aliphatic carbocycles. The van der Waals surface area contributed by atoms with Gasteiger partial charge in [0.1, 0.15) is 6.33 Å². The van der Waals surface area contributed by atoms with Crippen molar-refractivity contribution in [1.29, 1.82) is 0 Å². The number of aromatic carboxylic acids is 1. The van der Waals surface area contributed by atoms with Crippen LogP contribution in [0.2, 0.25) is 0 Å². The van der Waals surface area contributed by atoms with Gasteiger partial charge in [-0.3, -0.25) is 5.10 Å². The molecule has 3 aromatic rings. The zero-order valence-electron chi connectivity index (χ0n) is 8.82. The van der Waals surface area contributed by atoms with Crippen LogP contribution in [-0.4, -0.2) is 31.2 Å². The molecule has 0 saturated carbocycles. The number of H-pyrrole nitrogens is 1. The van der Waals surface area contributed by atoms with Crippen LogP contribution in [0.4, 0.5) is 0 Å². The quantitative estimate of drug-likeness (QED) is 0.763. The number of hydrogen-bond acceptors (Lipinski definition) is 6. The fourth-order valence-electron chi connectivity index (χ4n) is 1.41. The molecule has 8 heteroatoms. The van der Waals surface area contributed by atoms with Gasteiger partial charge in [0.15, 0.2) is 9.50 Å². The summed E-state index contributed by atoms with van der Waals surface area (Å²) in [5, 5.41) is 16.1. The number of nitrogens with zero attached hydrogens (tertiary/aromatic N) is 3. The molecule has 0 aliphatic rings. The number of aromatic amines is 1. The fourth-order valence-corrected chi connectivity index (χ4v) is 3.32. The second-order valence-corrected chi connectivity index (χ2v) is 5.63. The van der Waals surface area contributed by atoms with E-state index in [1.807, 2.05) is 0 Å². The summed E-state index contributed by atoms with van der Waals surface area (Å²) in [5.74, 6) is -0.935. The van der Waals surface area contributed by atoms with Gasteiger partial charge < -0.3 is 5.11 Å². The van der Waals surface area contributed by atoms with Crippen LogP contribution in [0.5, 0.6) is 0 Å². The molecule has 0 saturated heterocycles. The van der Waals surface area contributed by atoms with Crippen molar-refractivity contribution in [3.05, 3.63) is 30.1 Å². The number of thiazole rings is 1. The van der Waals surface area contributed by atoms with Crippen molar-refractivity contribution < 1.29 is 9.90 Å². The SMILES string of the molecule is O=C(O)c1ccc2nc(Sc3ncn[nH]3)sc2c1. The molecule has 0 fully saturated rings. The van der Waals surface area contributed by atoms with Crippen LogP contribution in [0.1, 0.15) is 10.4 Å². The summed E-state index contributed by atoms with van der Waals surface area (Å²) in [4.78, 5) is 19.2. The Morgan fingerprint density at radius 2 is 2.33 bits per heavy atom. The smallest absolute Gasteiger partial charge is 0.335 e. The standard InChI is InChI=1S/C10H6N4O2S2/c15-8(16)5-1-2-6-7(3-5)17-10(13-6)18-9-11-4-12-14-9/h1-4H,(H,15,16)(H,11,12,14). The monoisotopic (exact) mass is 278 g/mol. The Kier molecular flexibility index (Phi) is 2.73. The summed E-state index contributed by atoms with van der Waals surface area (Å²) in [7, 11) is 0. The van der Waals surface area contributed by atoms with Gasteiger partial charge in [-0.1, -0.05) is 0 Å². The minimum absolute atomic E-state index is 0.266. The van der Waals surface area contributed by atoms with Gasteiger partial charge in [0.2, 0.25) is 0 Å². The van der Waals surface area contributed by atoms with Crippen molar-refractivity contribution in [2.45, 2.75) is 9.50 Å². The number of hydrogen-bond donors (Lipinski definition) is 2. The number of nitrogens with one attached hydrogen (secondary N) is 1. The predicted octanol–water partition coefficient (Wildman–Crippen LogP) is 2.26. The third-order valence-corrected chi connectivity index (χ3v) is 4.16. The lowest BCUT2D eigenvalue weighted by Crippen LogP contribution is -1.94. The third-order valence-electron chi connectivity index (χ3n) is 2.19. The minimum atomic E-state index is -0.935. The zero-order chi connectivity index (χ0) is 12.5. The molecule has 18 heavy (non-hydrogen) atoms. The molecule has 0 amide bonds. The van der Waals surface area contributed by atoms with Crippen molar-refractivity contribution in [2.75, 3.05) is 0 Å². The largest absolute Gasteiger partial charge is 0.478 e. The van der Waals surface area contributed by atoms with E-state index in [2.05, 4.69) is 20.2 Å². The molecule has 90 valence electrons. The normalized spacial score (nSPS) is 10.9. The lowest BCUT2D eigenvalue weighted by molar-refractivity contribution is 0.0697. The van der Waals surface area contributed by atoms with E-state index in [-0.39, 0.29) is 5.56 Å². The first kappa shape index (κ1) is 11.2. The number of fused-ring (bicyclic) bond motifs is 1. The number of benzene rings is 1. The first-order valence-electron chi connectivity index (χ1n) is 4.89. The lowest BCUT2D eigenvalue weighted by Gasteiger charge is -1.91. The lowest BCUT2D eigenvalue weighted by atomic mass is 10.2. The number of aromatic nitrogens is 4.